The van der Waals surface area contributed by atoms with E-state index >= 15 is 0 Å². The van der Waals surface area contributed by atoms with Crippen LogP contribution in [0.25, 0.3) is 0 Å². The van der Waals surface area contributed by atoms with Crippen LogP contribution in [0.3, 0.4) is 0 Å². The third-order valence-electron chi connectivity index (χ3n) is 4.71. The Morgan fingerprint density at radius 3 is 2.36 bits per heavy atom. The number of hydrogen-bond donors (Lipinski definition) is 3. The summed E-state index contributed by atoms with van der Waals surface area (Å²) in [5, 5.41) is 10.4. The zero-order chi connectivity index (χ0) is 19.6. The maximum Gasteiger partial charge on any atom is 0.222 e. The molecule has 1 heterocycles. The quantitative estimate of drug-likeness (QED) is 0.223. The van der Waals surface area contributed by atoms with E-state index < -0.39 is 0 Å². The molecule has 0 atom stereocenters. The molecule has 3 N–H and O–H groups in total. The Kier molecular flexibility index (Phi) is 11.8. The number of carbonyl (C=O) groups excluding carboxylic acids is 1. The molecule has 1 saturated heterocycles. The summed E-state index contributed by atoms with van der Waals surface area (Å²) in [7, 11) is 1.78. The van der Waals surface area contributed by atoms with E-state index in [2.05, 4.69) is 38.0 Å². The molecule has 0 spiro atoms. The van der Waals surface area contributed by atoms with Crippen molar-refractivity contribution < 1.29 is 4.79 Å². The molecular formula is C20H33ClIN5O. The number of likely N-dealkylation sites (tertiary alicyclic amines) is 1. The lowest BCUT2D eigenvalue weighted by Crippen LogP contribution is -2.49. The fourth-order valence-corrected chi connectivity index (χ4v) is 3.17. The van der Waals surface area contributed by atoms with Crippen molar-refractivity contribution in [2.45, 2.75) is 39.3 Å². The highest BCUT2D eigenvalue weighted by molar-refractivity contribution is 14.0. The van der Waals surface area contributed by atoms with Crippen LogP contribution in [0.2, 0.25) is 5.02 Å². The van der Waals surface area contributed by atoms with Crippen LogP contribution in [-0.2, 0) is 11.3 Å². The largest absolute Gasteiger partial charge is 0.355 e. The molecule has 6 nitrogen and oxygen atoms in total. The van der Waals surface area contributed by atoms with Crippen LogP contribution in [0.15, 0.2) is 29.3 Å². The molecule has 1 aliphatic rings. The minimum Gasteiger partial charge on any atom is -0.355 e. The lowest BCUT2D eigenvalue weighted by atomic mass is 10.0. The standard InChI is InChI=1S/C20H32ClN5O.HI/c1-15(2)19(27)23-10-11-24-20(22-3)25-18-8-12-26(13-9-18)14-16-4-6-17(21)7-5-16;/h4-7,15,18H,8-14H2,1-3H3,(H,23,27)(H2,22,24,25);1H. The molecule has 1 aromatic rings. The number of hydrogen-bond acceptors (Lipinski definition) is 3. The van der Waals surface area contributed by atoms with E-state index in [9.17, 15) is 4.79 Å². The molecule has 0 aromatic heterocycles. The lowest BCUT2D eigenvalue weighted by molar-refractivity contribution is -0.123. The Bertz CT molecular complexity index is 616. The highest BCUT2D eigenvalue weighted by atomic mass is 127. The third-order valence-corrected chi connectivity index (χ3v) is 4.96. The summed E-state index contributed by atoms with van der Waals surface area (Å²) in [6, 6.07) is 8.50. The van der Waals surface area contributed by atoms with Crippen molar-refractivity contribution in [3.05, 3.63) is 34.9 Å². The number of piperidine rings is 1. The summed E-state index contributed by atoms with van der Waals surface area (Å²) in [5.74, 6) is 0.887. The maximum absolute atomic E-state index is 11.6. The van der Waals surface area contributed by atoms with Gasteiger partial charge in [0.25, 0.3) is 0 Å². The number of nitrogens with one attached hydrogen (secondary N) is 3. The van der Waals surface area contributed by atoms with Crippen LogP contribution in [0.1, 0.15) is 32.3 Å². The number of carbonyl (C=O) groups is 1. The molecule has 1 amide bonds. The van der Waals surface area contributed by atoms with Crippen molar-refractivity contribution in [2.24, 2.45) is 10.9 Å². The molecule has 2 rings (SSSR count). The second-order valence-electron chi connectivity index (χ2n) is 7.27. The first-order valence-corrected chi connectivity index (χ1v) is 10.1. The minimum atomic E-state index is 0. The van der Waals surface area contributed by atoms with Gasteiger partial charge in [0.2, 0.25) is 5.91 Å². The van der Waals surface area contributed by atoms with Gasteiger partial charge >= 0.3 is 0 Å². The zero-order valence-electron chi connectivity index (χ0n) is 17.0. The number of aliphatic imine (C=N–C) groups is 1. The smallest absolute Gasteiger partial charge is 0.222 e. The molecule has 1 aromatic carbocycles. The third kappa shape index (κ3) is 8.96. The first kappa shape index (κ1) is 25.0. The fraction of sp³-hybridized carbons (Fsp3) is 0.600. The second kappa shape index (κ2) is 13.2. The summed E-state index contributed by atoms with van der Waals surface area (Å²) < 4.78 is 0. The van der Waals surface area contributed by atoms with Gasteiger partial charge in [-0.1, -0.05) is 37.6 Å². The Balaban J connectivity index is 0.00000392. The molecule has 0 aliphatic carbocycles. The van der Waals surface area contributed by atoms with Gasteiger partial charge in [-0.3, -0.25) is 14.7 Å². The first-order valence-electron chi connectivity index (χ1n) is 9.69. The van der Waals surface area contributed by atoms with E-state index in [1.54, 1.807) is 7.05 Å². The SMILES string of the molecule is CN=C(NCCNC(=O)C(C)C)NC1CCN(Cc2ccc(Cl)cc2)CC1.I. The molecule has 158 valence electrons. The van der Waals surface area contributed by atoms with E-state index in [1.165, 1.54) is 5.56 Å². The number of guanidine groups is 1. The van der Waals surface area contributed by atoms with E-state index in [1.807, 2.05) is 26.0 Å². The second-order valence-corrected chi connectivity index (χ2v) is 7.70. The predicted molar refractivity (Wildman–Crippen MR) is 128 cm³/mol. The predicted octanol–water partition coefficient (Wildman–Crippen LogP) is 2.86. The summed E-state index contributed by atoms with van der Waals surface area (Å²) in [5.41, 5.74) is 1.30. The van der Waals surface area contributed by atoms with Gasteiger partial charge < -0.3 is 16.0 Å². The summed E-state index contributed by atoms with van der Waals surface area (Å²) >= 11 is 5.95. The van der Waals surface area contributed by atoms with Gasteiger partial charge in [-0.05, 0) is 30.5 Å². The highest BCUT2D eigenvalue weighted by Crippen LogP contribution is 2.15. The Labute approximate surface area is 190 Å². The number of halogens is 2. The van der Waals surface area contributed by atoms with Crippen LogP contribution in [0, 0.1) is 5.92 Å². The first-order chi connectivity index (χ1) is 13.0. The highest BCUT2D eigenvalue weighted by Gasteiger charge is 2.20. The molecule has 0 unspecified atom stereocenters. The van der Waals surface area contributed by atoms with Gasteiger partial charge in [-0.15, -0.1) is 24.0 Å². The number of rotatable bonds is 7. The zero-order valence-corrected chi connectivity index (χ0v) is 20.1. The Morgan fingerprint density at radius 1 is 1.18 bits per heavy atom. The van der Waals surface area contributed by atoms with Crippen molar-refractivity contribution in [1.82, 2.24) is 20.9 Å². The normalized spacial score (nSPS) is 15.8. The number of benzene rings is 1. The van der Waals surface area contributed by atoms with Crippen LogP contribution in [-0.4, -0.2) is 56.0 Å². The molecular weight excluding hydrogens is 489 g/mol. The van der Waals surface area contributed by atoms with Crippen molar-refractivity contribution in [3.63, 3.8) is 0 Å². The van der Waals surface area contributed by atoms with Crippen molar-refractivity contribution in [3.8, 4) is 0 Å². The van der Waals surface area contributed by atoms with Gasteiger partial charge in [0.05, 0.1) is 0 Å². The Hall–Kier alpha value is -1.06. The molecule has 1 aliphatic heterocycles. The van der Waals surface area contributed by atoms with Gasteiger partial charge in [0.15, 0.2) is 5.96 Å². The lowest BCUT2D eigenvalue weighted by Gasteiger charge is -2.33. The topological polar surface area (TPSA) is 68.8 Å². The minimum absolute atomic E-state index is 0. The van der Waals surface area contributed by atoms with Crippen molar-refractivity contribution >= 4 is 47.4 Å². The molecule has 1 fully saturated rings. The molecule has 28 heavy (non-hydrogen) atoms. The van der Waals surface area contributed by atoms with E-state index in [0.717, 1.165) is 43.5 Å². The molecule has 0 saturated carbocycles. The van der Waals surface area contributed by atoms with Crippen LogP contribution < -0.4 is 16.0 Å². The van der Waals surface area contributed by atoms with Gasteiger partial charge in [0, 0.05) is 56.8 Å². The molecule has 0 radical (unpaired) electrons. The van der Waals surface area contributed by atoms with Crippen molar-refractivity contribution in [2.75, 3.05) is 33.2 Å². The Morgan fingerprint density at radius 2 is 1.79 bits per heavy atom. The fourth-order valence-electron chi connectivity index (χ4n) is 3.04. The van der Waals surface area contributed by atoms with E-state index in [0.29, 0.717) is 19.1 Å². The van der Waals surface area contributed by atoms with E-state index in [4.69, 9.17) is 11.6 Å². The average Bonchev–Trinajstić information content (AvgIpc) is 2.67. The van der Waals surface area contributed by atoms with Gasteiger partial charge in [-0.25, -0.2) is 0 Å². The number of amides is 1. The van der Waals surface area contributed by atoms with Crippen LogP contribution in [0.4, 0.5) is 0 Å². The van der Waals surface area contributed by atoms with Gasteiger partial charge in [-0.2, -0.15) is 0 Å². The monoisotopic (exact) mass is 521 g/mol. The average molecular weight is 522 g/mol. The van der Waals surface area contributed by atoms with Crippen LogP contribution >= 0.6 is 35.6 Å². The van der Waals surface area contributed by atoms with E-state index in [-0.39, 0.29) is 35.8 Å². The maximum atomic E-state index is 11.6. The van der Waals surface area contributed by atoms with Crippen LogP contribution in [0.5, 0.6) is 0 Å². The van der Waals surface area contributed by atoms with Gasteiger partial charge in [0.1, 0.15) is 0 Å². The summed E-state index contributed by atoms with van der Waals surface area (Å²) in [6.45, 7) is 8.12. The van der Waals surface area contributed by atoms with Crippen molar-refractivity contribution in [1.29, 1.82) is 0 Å². The molecule has 0 bridgehead atoms. The summed E-state index contributed by atoms with van der Waals surface area (Å²) in [4.78, 5) is 18.3. The molecule has 8 heteroatoms. The number of nitrogens with zero attached hydrogens (tertiary/aromatic N) is 2. The summed E-state index contributed by atoms with van der Waals surface area (Å²) in [6.07, 6.45) is 2.16.